The molecule has 0 spiro atoms. The predicted molar refractivity (Wildman–Crippen MR) is 71.9 cm³/mol. The average molecular weight is 253 g/mol. The lowest BCUT2D eigenvalue weighted by Gasteiger charge is -2.39. The fourth-order valence-corrected chi connectivity index (χ4v) is 2.75. The van der Waals surface area contributed by atoms with Gasteiger partial charge in [0.25, 0.3) is 0 Å². The molecule has 0 bridgehead atoms. The highest BCUT2D eigenvalue weighted by atomic mass is 32.1. The zero-order valence-electron chi connectivity index (χ0n) is 10.2. The minimum atomic E-state index is -0.0196. The zero-order chi connectivity index (χ0) is 12.4. The molecular weight excluding hydrogens is 234 g/mol. The topological polar surface area (TPSA) is 54.3 Å². The number of nitrogens with zero attached hydrogens (tertiary/aromatic N) is 1. The van der Waals surface area contributed by atoms with Crippen molar-refractivity contribution in [2.45, 2.75) is 32.1 Å². The van der Waals surface area contributed by atoms with Crippen LogP contribution in [-0.2, 0) is 4.74 Å². The Kier molecular flexibility index (Phi) is 3.81. The smallest absolute Gasteiger partial charge is 0.101 e. The van der Waals surface area contributed by atoms with Crippen LogP contribution in [0.2, 0.25) is 0 Å². The number of nitrogens with one attached hydrogen (secondary N) is 1. The summed E-state index contributed by atoms with van der Waals surface area (Å²) in [5.41, 5.74) is 6.93. The van der Waals surface area contributed by atoms with Crippen molar-refractivity contribution in [3.8, 4) is 0 Å². The molecule has 2 rings (SSSR count). The van der Waals surface area contributed by atoms with E-state index in [4.69, 9.17) is 22.7 Å². The van der Waals surface area contributed by atoms with Crippen molar-refractivity contribution >= 4 is 17.2 Å². The Balaban J connectivity index is 2.19. The number of morpholine rings is 1. The van der Waals surface area contributed by atoms with Crippen molar-refractivity contribution < 1.29 is 4.74 Å². The number of rotatable bonds is 3. The number of H-pyrrole nitrogens is 1. The monoisotopic (exact) mass is 253 g/mol. The van der Waals surface area contributed by atoms with E-state index in [-0.39, 0.29) is 18.2 Å². The zero-order valence-corrected chi connectivity index (χ0v) is 11.0. The lowest BCUT2D eigenvalue weighted by Crippen LogP contribution is -2.49. The first-order valence-electron chi connectivity index (χ1n) is 5.90. The van der Waals surface area contributed by atoms with Crippen LogP contribution in [0.25, 0.3) is 0 Å². The fourth-order valence-electron chi connectivity index (χ4n) is 2.47. The van der Waals surface area contributed by atoms with Gasteiger partial charge in [-0.3, -0.25) is 4.90 Å². The molecule has 0 radical (unpaired) electrons. The summed E-state index contributed by atoms with van der Waals surface area (Å²) in [6, 6.07) is 3.97. The number of aromatic amines is 1. The van der Waals surface area contributed by atoms with Crippen LogP contribution in [-0.4, -0.2) is 40.2 Å². The molecule has 0 aromatic carbocycles. The predicted octanol–water partition coefficient (Wildman–Crippen LogP) is 1.45. The first-order valence-corrected chi connectivity index (χ1v) is 6.31. The van der Waals surface area contributed by atoms with Crippen molar-refractivity contribution in [1.29, 1.82) is 0 Å². The molecule has 94 valence electrons. The molecule has 1 aromatic rings. The molecule has 3 atom stereocenters. The van der Waals surface area contributed by atoms with Crippen LogP contribution in [0.5, 0.6) is 0 Å². The van der Waals surface area contributed by atoms with E-state index >= 15 is 0 Å². The fraction of sp³-hybridized carbons (Fsp3) is 0.583. The Labute approximate surface area is 107 Å². The van der Waals surface area contributed by atoms with Crippen molar-refractivity contribution in [2.24, 2.45) is 5.73 Å². The SMILES string of the molecule is CC1CN(C(C(N)=S)c2ccc[nH]2)CC(C)O1. The third kappa shape index (κ3) is 2.86. The number of hydrogen-bond acceptors (Lipinski definition) is 3. The minimum absolute atomic E-state index is 0.0196. The summed E-state index contributed by atoms with van der Waals surface area (Å²) in [4.78, 5) is 5.99. The Bertz CT molecular complexity index is 369. The molecule has 0 amide bonds. The van der Waals surface area contributed by atoms with Crippen molar-refractivity contribution in [3.63, 3.8) is 0 Å². The van der Waals surface area contributed by atoms with Gasteiger partial charge in [-0.1, -0.05) is 12.2 Å². The van der Waals surface area contributed by atoms with Gasteiger partial charge in [-0.15, -0.1) is 0 Å². The van der Waals surface area contributed by atoms with E-state index in [2.05, 4.69) is 23.7 Å². The van der Waals surface area contributed by atoms with Crippen LogP contribution in [0, 0.1) is 0 Å². The first-order chi connectivity index (χ1) is 8.08. The van der Waals surface area contributed by atoms with Gasteiger partial charge in [-0.25, -0.2) is 0 Å². The minimum Gasteiger partial charge on any atom is -0.392 e. The molecule has 4 nitrogen and oxygen atoms in total. The summed E-state index contributed by atoms with van der Waals surface area (Å²) in [5, 5.41) is 0. The Hall–Kier alpha value is -0.910. The molecule has 17 heavy (non-hydrogen) atoms. The number of thiocarbonyl (C=S) groups is 1. The highest BCUT2D eigenvalue weighted by Gasteiger charge is 2.30. The second kappa shape index (κ2) is 5.16. The third-order valence-electron chi connectivity index (χ3n) is 3.00. The van der Waals surface area contributed by atoms with E-state index in [9.17, 15) is 0 Å². The maximum absolute atomic E-state index is 5.88. The van der Waals surface area contributed by atoms with Gasteiger partial charge in [0.05, 0.1) is 17.2 Å². The van der Waals surface area contributed by atoms with Gasteiger partial charge in [0.2, 0.25) is 0 Å². The summed E-state index contributed by atoms with van der Waals surface area (Å²) in [6.07, 6.45) is 2.32. The van der Waals surface area contributed by atoms with Gasteiger partial charge < -0.3 is 15.5 Å². The molecule has 1 aliphatic rings. The van der Waals surface area contributed by atoms with Gasteiger partial charge >= 0.3 is 0 Å². The van der Waals surface area contributed by atoms with E-state index in [0.717, 1.165) is 18.8 Å². The summed E-state index contributed by atoms with van der Waals surface area (Å²) < 4.78 is 5.73. The lowest BCUT2D eigenvalue weighted by atomic mass is 10.1. The molecule has 1 fully saturated rings. The molecule has 1 aliphatic heterocycles. The van der Waals surface area contributed by atoms with E-state index in [0.29, 0.717) is 4.99 Å². The summed E-state index contributed by atoms with van der Waals surface area (Å²) >= 11 is 5.20. The molecular formula is C12H19N3OS. The van der Waals surface area contributed by atoms with Crippen LogP contribution < -0.4 is 5.73 Å². The molecule has 0 saturated carbocycles. The van der Waals surface area contributed by atoms with Crippen molar-refractivity contribution in [1.82, 2.24) is 9.88 Å². The Morgan fingerprint density at radius 1 is 1.53 bits per heavy atom. The van der Waals surface area contributed by atoms with Gasteiger partial charge in [0.15, 0.2) is 0 Å². The maximum atomic E-state index is 5.88. The molecule has 5 heteroatoms. The van der Waals surface area contributed by atoms with E-state index in [1.807, 2.05) is 18.3 Å². The van der Waals surface area contributed by atoms with Crippen LogP contribution in [0.15, 0.2) is 18.3 Å². The number of ether oxygens (including phenoxy) is 1. The van der Waals surface area contributed by atoms with Gasteiger partial charge in [-0.05, 0) is 26.0 Å². The van der Waals surface area contributed by atoms with Gasteiger partial charge in [0.1, 0.15) is 6.04 Å². The molecule has 0 aliphatic carbocycles. The quantitative estimate of drug-likeness (QED) is 0.801. The van der Waals surface area contributed by atoms with Gasteiger partial charge in [0, 0.05) is 25.0 Å². The second-order valence-electron chi connectivity index (χ2n) is 4.64. The average Bonchev–Trinajstić information content (AvgIpc) is 2.68. The highest BCUT2D eigenvalue weighted by Crippen LogP contribution is 2.24. The number of nitrogens with two attached hydrogens (primary N) is 1. The molecule has 1 saturated heterocycles. The van der Waals surface area contributed by atoms with Gasteiger partial charge in [-0.2, -0.15) is 0 Å². The van der Waals surface area contributed by atoms with Crippen LogP contribution in [0.4, 0.5) is 0 Å². The molecule has 1 aromatic heterocycles. The van der Waals surface area contributed by atoms with Crippen LogP contribution in [0.1, 0.15) is 25.6 Å². The number of aromatic nitrogens is 1. The third-order valence-corrected chi connectivity index (χ3v) is 3.22. The normalized spacial score (nSPS) is 27.9. The molecule has 3 N–H and O–H groups in total. The van der Waals surface area contributed by atoms with Crippen molar-refractivity contribution in [2.75, 3.05) is 13.1 Å². The summed E-state index contributed by atoms with van der Waals surface area (Å²) in [6.45, 7) is 5.86. The maximum Gasteiger partial charge on any atom is 0.101 e. The largest absolute Gasteiger partial charge is 0.392 e. The summed E-state index contributed by atoms with van der Waals surface area (Å²) in [7, 11) is 0. The second-order valence-corrected chi connectivity index (χ2v) is 5.11. The molecule has 2 heterocycles. The van der Waals surface area contributed by atoms with Crippen LogP contribution >= 0.6 is 12.2 Å². The van der Waals surface area contributed by atoms with E-state index < -0.39 is 0 Å². The molecule has 3 unspecified atom stereocenters. The lowest BCUT2D eigenvalue weighted by molar-refractivity contribution is -0.0739. The van der Waals surface area contributed by atoms with Crippen molar-refractivity contribution in [3.05, 3.63) is 24.0 Å². The van der Waals surface area contributed by atoms with E-state index in [1.54, 1.807) is 0 Å². The highest BCUT2D eigenvalue weighted by molar-refractivity contribution is 7.80. The first kappa shape index (κ1) is 12.5. The van der Waals surface area contributed by atoms with Crippen LogP contribution in [0.3, 0.4) is 0 Å². The Morgan fingerprint density at radius 3 is 2.65 bits per heavy atom. The number of hydrogen-bond donors (Lipinski definition) is 2. The Morgan fingerprint density at radius 2 is 2.18 bits per heavy atom. The standard InChI is InChI=1S/C12H19N3OS/c1-8-6-15(7-9(2)16-8)11(12(13)17)10-4-3-5-14-10/h3-5,8-9,11,14H,6-7H2,1-2H3,(H2,13,17). The summed E-state index contributed by atoms with van der Waals surface area (Å²) in [5.74, 6) is 0. The van der Waals surface area contributed by atoms with E-state index in [1.165, 1.54) is 0 Å².